The van der Waals surface area contributed by atoms with E-state index in [0.29, 0.717) is 18.1 Å². The Kier molecular flexibility index (Phi) is 3.39. The molecule has 0 amide bonds. The van der Waals surface area contributed by atoms with Gasteiger partial charge in [-0.05, 0) is 31.5 Å². The van der Waals surface area contributed by atoms with E-state index in [1.165, 1.54) is 0 Å². The third-order valence-corrected chi connectivity index (χ3v) is 3.09. The van der Waals surface area contributed by atoms with Crippen molar-refractivity contribution in [2.75, 3.05) is 18.5 Å². The van der Waals surface area contributed by atoms with E-state index in [1.807, 2.05) is 29.5 Å². The lowest BCUT2D eigenvalue weighted by Crippen LogP contribution is -2.18. The van der Waals surface area contributed by atoms with Gasteiger partial charge >= 0.3 is 5.97 Å². The molecular formula is C14H15N5O2. The van der Waals surface area contributed by atoms with Gasteiger partial charge in [-0.3, -0.25) is 9.20 Å². The second-order valence-electron chi connectivity index (χ2n) is 4.64. The lowest BCUT2D eigenvalue weighted by atomic mass is 10.2. The first-order valence-corrected chi connectivity index (χ1v) is 6.68. The number of nitrogens with one attached hydrogen (secondary N) is 1. The van der Waals surface area contributed by atoms with E-state index in [4.69, 9.17) is 4.74 Å². The van der Waals surface area contributed by atoms with Crippen molar-refractivity contribution in [3.05, 3.63) is 30.1 Å². The molecule has 0 aliphatic carbocycles. The van der Waals surface area contributed by atoms with E-state index >= 15 is 0 Å². The Morgan fingerprint density at radius 3 is 3.10 bits per heavy atom. The molecule has 2 aromatic heterocycles. The number of ether oxygens (including phenoxy) is 1. The number of esters is 1. The number of nitrogens with zero attached hydrogens (tertiary/aromatic N) is 4. The van der Waals surface area contributed by atoms with Gasteiger partial charge in [-0.2, -0.15) is 0 Å². The molecule has 1 N–H and O–H groups in total. The second-order valence-corrected chi connectivity index (χ2v) is 4.64. The molecule has 21 heavy (non-hydrogen) atoms. The van der Waals surface area contributed by atoms with Crippen molar-refractivity contribution in [3.8, 4) is 0 Å². The molecule has 0 saturated carbocycles. The first-order valence-electron chi connectivity index (χ1n) is 6.68. The minimum absolute atomic E-state index is 0.0424. The molecule has 7 heteroatoms. The molecule has 0 fully saturated rings. The molecule has 0 saturated heterocycles. The number of hydrogen-bond acceptors (Lipinski definition) is 6. The summed E-state index contributed by atoms with van der Waals surface area (Å²) in [5.74, 6) is 0.179. The third kappa shape index (κ3) is 2.49. The van der Waals surface area contributed by atoms with Crippen LogP contribution in [0.5, 0.6) is 0 Å². The van der Waals surface area contributed by atoms with Gasteiger partial charge in [0.2, 0.25) is 5.65 Å². The predicted molar refractivity (Wildman–Crippen MR) is 78.1 cm³/mol. The maximum Gasteiger partial charge on any atom is 0.325 e. The Hall–Kier alpha value is -2.70. The van der Waals surface area contributed by atoms with Gasteiger partial charge in [0.15, 0.2) is 5.82 Å². The standard InChI is InChI=1S/C14H15N5O2/c1-3-21-12(20)7-15-13-14-18-16-8-19(14)11-6-9(2)4-5-10(11)17-13/h4-6,8H,3,7H2,1-2H3,(H,15,17). The van der Waals surface area contributed by atoms with Crippen LogP contribution in [0.15, 0.2) is 24.5 Å². The number of aromatic nitrogens is 4. The van der Waals surface area contributed by atoms with Crippen LogP contribution in [0.2, 0.25) is 0 Å². The quantitative estimate of drug-likeness (QED) is 0.733. The van der Waals surface area contributed by atoms with Crippen LogP contribution >= 0.6 is 0 Å². The Morgan fingerprint density at radius 2 is 2.29 bits per heavy atom. The van der Waals surface area contributed by atoms with E-state index in [-0.39, 0.29) is 12.5 Å². The Bertz CT molecular complexity index is 812. The fraction of sp³-hybridized carbons (Fsp3) is 0.286. The van der Waals surface area contributed by atoms with Crippen LogP contribution in [0.3, 0.4) is 0 Å². The molecule has 2 heterocycles. The minimum atomic E-state index is -0.332. The molecule has 0 radical (unpaired) electrons. The number of anilines is 1. The maximum absolute atomic E-state index is 11.4. The second kappa shape index (κ2) is 5.35. The zero-order valence-electron chi connectivity index (χ0n) is 11.8. The highest BCUT2D eigenvalue weighted by atomic mass is 16.5. The van der Waals surface area contributed by atoms with Gasteiger partial charge in [-0.1, -0.05) is 6.07 Å². The van der Waals surface area contributed by atoms with E-state index in [9.17, 15) is 4.79 Å². The molecule has 7 nitrogen and oxygen atoms in total. The summed E-state index contributed by atoms with van der Waals surface area (Å²) in [7, 11) is 0. The van der Waals surface area contributed by atoms with Crippen molar-refractivity contribution < 1.29 is 9.53 Å². The largest absolute Gasteiger partial charge is 0.465 e. The predicted octanol–water partition coefficient (Wildman–Crippen LogP) is 1.56. The molecule has 1 aromatic carbocycles. The topological polar surface area (TPSA) is 81.4 Å². The van der Waals surface area contributed by atoms with Crippen molar-refractivity contribution >= 4 is 28.5 Å². The van der Waals surface area contributed by atoms with Gasteiger partial charge in [0.25, 0.3) is 0 Å². The number of rotatable bonds is 4. The Balaban J connectivity index is 2.03. The highest BCUT2D eigenvalue weighted by molar-refractivity contribution is 5.84. The van der Waals surface area contributed by atoms with Crippen molar-refractivity contribution in [1.29, 1.82) is 0 Å². The van der Waals surface area contributed by atoms with Gasteiger partial charge in [-0.25, -0.2) is 4.98 Å². The third-order valence-electron chi connectivity index (χ3n) is 3.09. The van der Waals surface area contributed by atoms with Gasteiger partial charge in [-0.15, -0.1) is 10.2 Å². The summed E-state index contributed by atoms with van der Waals surface area (Å²) in [6.45, 7) is 4.18. The summed E-state index contributed by atoms with van der Waals surface area (Å²) < 4.78 is 6.74. The van der Waals surface area contributed by atoms with E-state index < -0.39 is 0 Å². The van der Waals surface area contributed by atoms with Crippen LogP contribution in [-0.4, -0.2) is 38.7 Å². The number of fused-ring (bicyclic) bond motifs is 3. The van der Waals surface area contributed by atoms with Gasteiger partial charge in [0, 0.05) is 0 Å². The van der Waals surface area contributed by atoms with Crippen molar-refractivity contribution in [1.82, 2.24) is 19.6 Å². The monoisotopic (exact) mass is 285 g/mol. The van der Waals surface area contributed by atoms with Gasteiger partial charge < -0.3 is 10.1 Å². The molecule has 3 rings (SSSR count). The summed E-state index contributed by atoms with van der Waals surface area (Å²) in [4.78, 5) is 16.0. The van der Waals surface area contributed by atoms with Crippen molar-refractivity contribution in [2.45, 2.75) is 13.8 Å². The van der Waals surface area contributed by atoms with Crippen LogP contribution in [0.1, 0.15) is 12.5 Å². The maximum atomic E-state index is 11.4. The molecule has 0 spiro atoms. The lowest BCUT2D eigenvalue weighted by Gasteiger charge is -2.09. The molecule has 0 unspecified atom stereocenters. The summed E-state index contributed by atoms with van der Waals surface area (Å²) in [6, 6.07) is 5.94. The highest BCUT2D eigenvalue weighted by Gasteiger charge is 2.11. The van der Waals surface area contributed by atoms with Gasteiger partial charge in [0.05, 0.1) is 17.6 Å². The summed E-state index contributed by atoms with van der Waals surface area (Å²) in [6.07, 6.45) is 1.63. The number of carbonyl (C=O) groups is 1. The van der Waals surface area contributed by atoms with E-state index in [0.717, 1.165) is 16.6 Å². The SMILES string of the molecule is CCOC(=O)CNc1nc2ccc(C)cc2n2cnnc12. The normalized spacial score (nSPS) is 11.0. The molecule has 0 aliphatic heterocycles. The molecular weight excluding hydrogens is 270 g/mol. The number of hydrogen-bond donors (Lipinski definition) is 1. The number of carbonyl (C=O) groups excluding carboxylic acids is 1. The Morgan fingerprint density at radius 1 is 1.43 bits per heavy atom. The van der Waals surface area contributed by atoms with Crippen molar-refractivity contribution in [3.63, 3.8) is 0 Å². The van der Waals surface area contributed by atoms with E-state index in [1.54, 1.807) is 13.3 Å². The van der Waals surface area contributed by atoms with Crippen LogP contribution in [0.25, 0.3) is 16.7 Å². The van der Waals surface area contributed by atoms with Crippen LogP contribution in [0.4, 0.5) is 5.82 Å². The zero-order chi connectivity index (χ0) is 14.8. The fourth-order valence-electron chi connectivity index (χ4n) is 2.15. The van der Waals surface area contributed by atoms with Crippen LogP contribution in [-0.2, 0) is 9.53 Å². The Labute approximate surface area is 121 Å². The molecule has 0 atom stereocenters. The van der Waals surface area contributed by atoms with Crippen LogP contribution < -0.4 is 5.32 Å². The number of aryl methyl sites for hydroxylation is 1. The zero-order valence-corrected chi connectivity index (χ0v) is 11.8. The lowest BCUT2D eigenvalue weighted by molar-refractivity contribution is -0.140. The average molecular weight is 285 g/mol. The molecule has 0 aliphatic rings. The minimum Gasteiger partial charge on any atom is -0.465 e. The number of benzene rings is 1. The van der Waals surface area contributed by atoms with Gasteiger partial charge in [0.1, 0.15) is 12.9 Å². The smallest absolute Gasteiger partial charge is 0.325 e. The molecule has 108 valence electrons. The van der Waals surface area contributed by atoms with E-state index in [2.05, 4.69) is 20.5 Å². The van der Waals surface area contributed by atoms with Crippen molar-refractivity contribution in [2.24, 2.45) is 0 Å². The van der Waals surface area contributed by atoms with Crippen LogP contribution in [0, 0.1) is 6.92 Å². The average Bonchev–Trinajstić information content (AvgIpc) is 2.95. The summed E-state index contributed by atoms with van der Waals surface area (Å²) in [5, 5.41) is 10.9. The highest BCUT2D eigenvalue weighted by Crippen LogP contribution is 2.20. The molecule has 3 aromatic rings. The summed E-state index contributed by atoms with van der Waals surface area (Å²) >= 11 is 0. The fourth-order valence-corrected chi connectivity index (χ4v) is 2.15. The molecule has 0 bridgehead atoms. The first kappa shape index (κ1) is 13.3. The summed E-state index contributed by atoms with van der Waals surface area (Å²) in [5.41, 5.74) is 3.44. The first-order chi connectivity index (χ1) is 10.2.